The fourth-order valence-corrected chi connectivity index (χ4v) is 5.06. The summed E-state index contributed by atoms with van der Waals surface area (Å²) in [5.41, 5.74) is 6.06. The number of aromatic nitrogens is 1. The third kappa shape index (κ3) is 2.54. The van der Waals surface area contributed by atoms with Crippen LogP contribution in [-0.2, 0) is 4.79 Å². The van der Waals surface area contributed by atoms with Gasteiger partial charge < -0.3 is 14.8 Å². The number of Topliss-reactive ketones (excluding diaryl/α,β-unsaturated/α-hetero) is 1. The molecule has 30 heavy (non-hydrogen) atoms. The van der Waals surface area contributed by atoms with Crippen LogP contribution in [0.2, 0.25) is 0 Å². The van der Waals surface area contributed by atoms with Crippen molar-refractivity contribution in [2.75, 3.05) is 12.1 Å². The van der Waals surface area contributed by atoms with Crippen LogP contribution in [0.15, 0.2) is 54.2 Å². The molecule has 0 saturated heterocycles. The summed E-state index contributed by atoms with van der Waals surface area (Å²) in [7, 11) is 0. The Morgan fingerprint density at radius 1 is 1.07 bits per heavy atom. The molecule has 0 bridgehead atoms. The maximum Gasteiger partial charge on any atom is 0.231 e. The molecule has 2 aromatic carbocycles. The van der Waals surface area contributed by atoms with Gasteiger partial charge in [-0.05, 0) is 53.3 Å². The Hall–Kier alpha value is -3.34. The largest absolute Gasteiger partial charge is 0.454 e. The van der Waals surface area contributed by atoms with E-state index in [4.69, 9.17) is 9.47 Å². The van der Waals surface area contributed by atoms with Crippen molar-refractivity contribution < 1.29 is 14.3 Å². The summed E-state index contributed by atoms with van der Waals surface area (Å²) in [4.78, 5) is 18.0. The number of hydrogen-bond acceptors (Lipinski definition) is 5. The van der Waals surface area contributed by atoms with Crippen molar-refractivity contribution in [1.82, 2.24) is 4.98 Å². The molecule has 1 aliphatic carbocycles. The molecule has 1 aromatic heterocycles. The minimum atomic E-state index is -0.209. The van der Waals surface area contributed by atoms with Gasteiger partial charge in [-0.3, -0.25) is 9.78 Å². The molecule has 0 amide bonds. The first-order valence-electron chi connectivity index (χ1n) is 10.3. The van der Waals surface area contributed by atoms with Gasteiger partial charge in [0.05, 0.1) is 11.6 Å². The highest BCUT2D eigenvalue weighted by Crippen LogP contribution is 2.52. The Bertz CT molecular complexity index is 1260. The number of nitrogens with zero attached hydrogens (tertiary/aromatic N) is 1. The standard InChI is InChI=1S/C25H22N2O3/c1-25(2)11-16-22-15-4-3-9-26-17(15)6-7-18(22)27-24(23(16)19(28)12-25)14-5-8-20-21(10-14)30-13-29-20/h3-10,24,27H,11-13H2,1-2H3/t24-/m1/s1. The van der Waals surface area contributed by atoms with Gasteiger partial charge in [-0.15, -0.1) is 0 Å². The van der Waals surface area contributed by atoms with Gasteiger partial charge in [0.25, 0.3) is 0 Å². The molecule has 1 N–H and O–H groups in total. The molecule has 0 fully saturated rings. The van der Waals surface area contributed by atoms with Crippen LogP contribution in [-0.4, -0.2) is 17.6 Å². The first-order chi connectivity index (χ1) is 14.5. The predicted octanol–water partition coefficient (Wildman–Crippen LogP) is 5.27. The number of pyridine rings is 1. The van der Waals surface area contributed by atoms with Gasteiger partial charge in [0.1, 0.15) is 0 Å². The van der Waals surface area contributed by atoms with E-state index in [1.807, 2.05) is 36.5 Å². The maximum absolute atomic E-state index is 13.4. The molecule has 3 aromatic rings. The van der Waals surface area contributed by atoms with Gasteiger partial charge >= 0.3 is 0 Å². The lowest BCUT2D eigenvalue weighted by Crippen LogP contribution is -2.33. The third-order valence-electron chi connectivity index (χ3n) is 6.33. The van der Waals surface area contributed by atoms with E-state index in [1.54, 1.807) is 0 Å². The molecule has 0 radical (unpaired) electrons. The minimum absolute atomic E-state index is 0.0751. The topological polar surface area (TPSA) is 60.5 Å². The zero-order valence-corrected chi connectivity index (χ0v) is 17.0. The Morgan fingerprint density at radius 2 is 1.93 bits per heavy atom. The second-order valence-electron chi connectivity index (χ2n) is 9.08. The van der Waals surface area contributed by atoms with Crippen LogP contribution in [0.4, 0.5) is 5.69 Å². The number of ketones is 1. The Labute approximate surface area is 174 Å². The number of hydrogen-bond donors (Lipinski definition) is 1. The lowest BCUT2D eigenvalue weighted by molar-refractivity contribution is -0.118. The lowest BCUT2D eigenvalue weighted by Gasteiger charge is -2.40. The summed E-state index contributed by atoms with van der Waals surface area (Å²) >= 11 is 0. The van der Waals surface area contributed by atoms with Gasteiger partial charge in [-0.2, -0.15) is 0 Å². The molecule has 3 aliphatic rings. The van der Waals surface area contributed by atoms with E-state index >= 15 is 0 Å². The summed E-state index contributed by atoms with van der Waals surface area (Å²) in [5, 5.41) is 4.74. The van der Waals surface area contributed by atoms with Crippen LogP contribution >= 0.6 is 0 Å². The molecule has 0 spiro atoms. The van der Waals surface area contributed by atoms with E-state index in [9.17, 15) is 4.79 Å². The number of carbonyl (C=O) groups is 1. The molecule has 0 saturated carbocycles. The van der Waals surface area contributed by atoms with Crippen LogP contribution in [0, 0.1) is 5.41 Å². The average Bonchev–Trinajstić information content (AvgIpc) is 3.19. The summed E-state index contributed by atoms with van der Waals surface area (Å²) < 4.78 is 11.1. The predicted molar refractivity (Wildman–Crippen MR) is 116 cm³/mol. The fraction of sp³-hybridized carbons (Fsp3) is 0.280. The highest BCUT2D eigenvalue weighted by molar-refractivity contribution is 6.12. The van der Waals surface area contributed by atoms with Crippen LogP contribution in [0.3, 0.4) is 0 Å². The third-order valence-corrected chi connectivity index (χ3v) is 6.33. The van der Waals surface area contributed by atoms with Crippen molar-refractivity contribution in [3.05, 3.63) is 65.4 Å². The summed E-state index contributed by atoms with van der Waals surface area (Å²) in [6.45, 7) is 4.59. The lowest BCUT2D eigenvalue weighted by atomic mass is 9.68. The van der Waals surface area contributed by atoms with Crippen LogP contribution < -0.4 is 14.8 Å². The number of fused-ring (bicyclic) bond motifs is 5. The number of benzene rings is 2. The van der Waals surface area contributed by atoms with Gasteiger partial charge in [0.2, 0.25) is 6.79 Å². The molecule has 150 valence electrons. The highest BCUT2D eigenvalue weighted by atomic mass is 16.7. The van der Waals surface area contributed by atoms with Gasteiger partial charge in [0.15, 0.2) is 17.3 Å². The first kappa shape index (κ1) is 17.5. The molecule has 5 heteroatoms. The van der Waals surface area contributed by atoms with Crippen molar-refractivity contribution in [3.8, 4) is 11.5 Å². The normalized spacial score (nSPS) is 21.3. The van der Waals surface area contributed by atoms with E-state index in [2.05, 4.69) is 36.3 Å². The van der Waals surface area contributed by atoms with E-state index in [1.165, 1.54) is 0 Å². The summed E-state index contributed by atoms with van der Waals surface area (Å²) in [5.74, 6) is 1.69. The van der Waals surface area contributed by atoms with Crippen molar-refractivity contribution in [1.29, 1.82) is 0 Å². The van der Waals surface area contributed by atoms with Gasteiger partial charge in [0, 0.05) is 34.8 Å². The van der Waals surface area contributed by atoms with Crippen molar-refractivity contribution >= 4 is 27.9 Å². The maximum atomic E-state index is 13.4. The van der Waals surface area contributed by atoms with Crippen molar-refractivity contribution in [2.24, 2.45) is 5.41 Å². The molecule has 3 heterocycles. The number of allylic oxidation sites excluding steroid dienone is 1. The molecular formula is C25H22N2O3. The summed E-state index contributed by atoms with van der Waals surface area (Å²) in [6.07, 6.45) is 3.22. The molecule has 5 nitrogen and oxygen atoms in total. The van der Waals surface area contributed by atoms with Crippen LogP contribution in [0.25, 0.3) is 16.5 Å². The van der Waals surface area contributed by atoms with Crippen molar-refractivity contribution in [3.63, 3.8) is 0 Å². The molecular weight excluding hydrogens is 376 g/mol. The number of nitrogens with one attached hydrogen (secondary N) is 1. The average molecular weight is 398 g/mol. The van der Waals surface area contributed by atoms with E-state index < -0.39 is 0 Å². The minimum Gasteiger partial charge on any atom is -0.454 e. The SMILES string of the molecule is CC1(C)CC(=O)C2=C(C1)c1c(ccc3ncccc13)N[C@@H]2c1ccc2c(c1)OCO2. The zero-order valence-electron chi connectivity index (χ0n) is 17.0. The molecule has 1 atom stereocenters. The summed E-state index contributed by atoms with van der Waals surface area (Å²) in [6, 6.07) is 13.9. The fourth-order valence-electron chi connectivity index (χ4n) is 5.06. The smallest absolute Gasteiger partial charge is 0.231 e. The Kier molecular flexibility index (Phi) is 3.55. The molecule has 2 aliphatic heterocycles. The molecule has 6 rings (SSSR count). The Morgan fingerprint density at radius 3 is 2.83 bits per heavy atom. The van der Waals surface area contributed by atoms with Crippen molar-refractivity contribution in [2.45, 2.75) is 32.7 Å². The number of ether oxygens (including phenoxy) is 2. The van der Waals surface area contributed by atoms with E-state index in [0.29, 0.717) is 6.42 Å². The van der Waals surface area contributed by atoms with Crippen LogP contribution in [0.1, 0.15) is 43.9 Å². The Balaban J connectivity index is 1.60. The van der Waals surface area contributed by atoms with E-state index in [0.717, 1.165) is 56.8 Å². The zero-order chi connectivity index (χ0) is 20.5. The van der Waals surface area contributed by atoms with E-state index in [-0.39, 0.29) is 24.0 Å². The monoisotopic (exact) mass is 398 g/mol. The second kappa shape index (κ2) is 6.08. The first-order valence-corrected chi connectivity index (χ1v) is 10.3. The van der Waals surface area contributed by atoms with Gasteiger partial charge in [-0.25, -0.2) is 0 Å². The number of anilines is 1. The highest BCUT2D eigenvalue weighted by Gasteiger charge is 2.41. The van der Waals surface area contributed by atoms with Crippen LogP contribution in [0.5, 0.6) is 11.5 Å². The second-order valence-corrected chi connectivity index (χ2v) is 9.08. The molecule has 0 unspecified atom stereocenters. The number of carbonyl (C=O) groups excluding carboxylic acids is 1. The van der Waals surface area contributed by atoms with Gasteiger partial charge in [-0.1, -0.05) is 26.0 Å². The number of rotatable bonds is 1. The quantitative estimate of drug-likeness (QED) is 0.605.